The minimum Gasteiger partial charge on any atom is -0.308 e. The first-order valence-electron chi connectivity index (χ1n) is 16.1. The summed E-state index contributed by atoms with van der Waals surface area (Å²) in [5.74, 6) is 0. The van der Waals surface area contributed by atoms with Crippen molar-refractivity contribution in [2.24, 2.45) is 0 Å². The van der Waals surface area contributed by atoms with Crippen molar-refractivity contribution in [1.29, 1.82) is 10.5 Å². The number of fused-ring (bicyclic) bond motifs is 9. The van der Waals surface area contributed by atoms with E-state index in [9.17, 15) is 10.5 Å². The smallest absolute Gasteiger partial charge is 0.101 e. The molecule has 3 aromatic heterocycles. The average Bonchev–Trinajstić information content (AvgIpc) is 3.82. The number of rotatable bonds is 3. The highest BCUT2D eigenvalue weighted by molar-refractivity contribution is 7.25. The van der Waals surface area contributed by atoms with Gasteiger partial charge in [0.1, 0.15) is 12.1 Å². The second kappa shape index (κ2) is 10.4. The quantitative estimate of drug-likeness (QED) is 0.193. The van der Waals surface area contributed by atoms with Crippen LogP contribution in [-0.2, 0) is 0 Å². The van der Waals surface area contributed by atoms with E-state index in [2.05, 4.69) is 143 Å². The Kier molecular flexibility index (Phi) is 5.84. The second-order valence-electron chi connectivity index (χ2n) is 12.4. The number of hydrogen-bond donors (Lipinski definition) is 0. The Morgan fingerprint density at radius 2 is 0.918 bits per heavy atom. The van der Waals surface area contributed by atoms with Gasteiger partial charge in [-0.1, -0.05) is 78.9 Å². The minimum atomic E-state index is 0.659. The monoisotopic (exact) mass is 640 g/mol. The molecule has 0 atom stereocenters. The van der Waals surface area contributed by atoms with Crippen LogP contribution in [0, 0.1) is 22.7 Å². The van der Waals surface area contributed by atoms with Crippen LogP contribution in [-0.4, -0.2) is 9.13 Å². The van der Waals surface area contributed by atoms with Crippen LogP contribution in [0.15, 0.2) is 146 Å². The van der Waals surface area contributed by atoms with Crippen LogP contribution in [0.4, 0.5) is 0 Å². The maximum atomic E-state index is 10.1. The summed E-state index contributed by atoms with van der Waals surface area (Å²) < 4.78 is 6.91. The van der Waals surface area contributed by atoms with Crippen molar-refractivity contribution < 1.29 is 0 Å². The van der Waals surface area contributed by atoms with E-state index < -0.39 is 0 Å². The van der Waals surface area contributed by atoms with Crippen molar-refractivity contribution in [2.75, 3.05) is 0 Å². The Morgan fingerprint density at radius 1 is 0.408 bits per heavy atom. The lowest BCUT2D eigenvalue weighted by Crippen LogP contribution is -1.96. The zero-order chi connectivity index (χ0) is 32.6. The Labute approximate surface area is 285 Å². The summed E-state index contributed by atoms with van der Waals surface area (Å²) in [5.41, 5.74) is 9.64. The summed E-state index contributed by atoms with van der Waals surface area (Å²) in [7, 11) is 0. The van der Waals surface area contributed by atoms with Gasteiger partial charge < -0.3 is 9.13 Å². The van der Waals surface area contributed by atoms with Gasteiger partial charge in [-0.15, -0.1) is 11.3 Å². The maximum Gasteiger partial charge on any atom is 0.101 e. The molecule has 0 bridgehead atoms. The Hall–Kier alpha value is -6.66. The van der Waals surface area contributed by atoms with Crippen LogP contribution < -0.4 is 0 Å². The fraction of sp³-hybridized carbons (Fsp3) is 0. The molecule has 10 aromatic rings. The fourth-order valence-corrected chi connectivity index (χ4v) is 8.73. The summed E-state index contributed by atoms with van der Waals surface area (Å²) in [6.45, 7) is 0. The van der Waals surface area contributed by atoms with Crippen molar-refractivity contribution in [2.45, 2.75) is 0 Å². The first-order chi connectivity index (χ1) is 24.2. The number of thiophene rings is 1. The molecule has 0 saturated heterocycles. The third kappa shape index (κ3) is 3.95. The van der Waals surface area contributed by atoms with Gasteiger partial charge >= 0.3 is 0 Å². The van der Waals surface area contributed by atoms with Gasteiger partial charge in [-0.3, -0.25) is 0 Å². The Morgan fingerprint density at radius 3 is 1.55 bits per heavy atom. The van der Waals surface area contributed by atoms with Gasteiger partial charge in [0.2, 0.25) is 0 Å². The van der Waals surface area contributed by atoms with Crippen molar-refractivity contribution >= 4 is 75.1 Å². The molecule has 4 nitrogen and oxygen atoms in total. The molecule has 0 radical (unpaired) electrons. The molecular formula is C44H24N4S. The molecule has 0 unspecified atom stereocenters. The fourth-order valence-electron chi connectivity index (χ4n) is 7.66. The van der Waals surface area contributed by atoms with Crippen LogP contribution in [0.3, 0.4) is 0 Å². The largest absolute Gasteiger partial charge is 0.308 e. The second-order valence-corrected chi connectivity index (χ2v) is 13.5. The molecule has 0 aliphatic heterocycles. The van der Waals surface area contributed by atoms with E-state index >= 15 is 0 Å². The highest BCUT2D eigenvalue weighted by Gasteiger charge is 2.18. The van der Waals surface area contributed by atoms with Gasteiger partial charge in [-0.25, -0.2) is 0 Å². The molecule has 0 saturated carbocycles. The van der Waals surface area contributed by atoms with Crippen LogP contribution in [0.1, 0.15) is 11.1 Å². The maximum absolute atomic E-state index is 10.1. The molecule has 7 aromatic carbocycles. The van der Waals surface area contributed by atoms with E-state index in [4.69, 9.17) is 0 Å². The molecule has 10 rings (SSSR count). The summed E-state index contributed by atoms with van der Waals surface area (Å²) in [6.07, 6.45) is 0. The predicted octanol–water partition coefficient (Wildman–Crippen LogP) is 11.7. The number of nitrogens with zero attached hydrogens (tertiary/aromatic N) is 4. The summed E-state index contributed by atoms with van der Waals surface area (Å²) in [6, 6.07) is 55.5. The molecule has 49 heavy (non-hydrogen) atoms. The van der Waals surface area contributed by atoms with Gasteiger partial charge in [0.05, 0.1) is 33.2 Å². The average molecular weight is 641 g/mol. The van der Waals surface area contributed by atoms with E-state index in [-0.39, 0.29) is 0 Å². The van der Waals surface area contributed by atoms with Crippen LogP contribution in [0.5, 0.6) is 0 Å². The van der Waals surface area contributed by atoms with Crippen molar-refractivity contribution in [1.82, 2.24) is 9.13 Å². The molecule has 5 heteroatoms. The van der Waals surface area contributed by atoms with Gasteiger partial charge in [-0.2, -0.15) is 10.5 Å². The third-order valence-corrected chi connectivity index (χ3v) is 10.9. The lowest BCUT2D eigenvalue weighted by Gasteiger charge is -2.11. The predicted molar refractivity (Wildman–Crippen MR) is 203 cm³/mol. The number of aromatic nitrogens is 2. The molecular weight excluding hydrogens is 617 g/mol. The lowest BCUT2D eigenvalue weighted by atomic mass is 10.0. The van der Waals surface area contributed by atoms with E-state index in [1.807, 2.05) is 24.3 Å². The summed E-state index contributed by atoms with van der Waals surface area (Å²) in [4.78, 5) is 0. The normalized spacial score (nSPS) is 11.6. The van der Waals surface area contributed by atoms with Crippen LogP contribution in [0.2, 0.25) is 0 Å². The number of hydrogen-bond acceptors (Lipinski definition) is 3. The molecule has 0 N–H and O–H groups in total. The molecule has 0 fully saturated rings. The lowest BCUT2D eigenvalue weighted by molar-refractivity contribution is 1.18. The van der Waals surface area contributed by atoms with Gasteiger partial charge in [0.25, 0.3) is 0 Å². The highest BCUT2D eigenvalue weighted by Crippen LogP contribution is 2.41. The van der Waals surface area contributed by atoms with E-state index in [0.29, 0.717) is 11.1 Å². The SMILES string of the molecule is N#Cc1cccc2c3ccccc3n(-c3cccc(-c4ccc5sc6ccc(-n7c8ccccc8c8cccc(C#N)c87)cc6c5c4)c3)c12. The zero-order valence-corrected chi connectivity index (χ0v) is 26.9. The van der Waals surface area contributed by atoms with Crippen LogP contribution in [0.25, 0.3) is 86.3 Å². The summed E-state index contributed by atoms with van der Waals surface area (Å²) >= 11 is 1.80. The molecule has 226 valence electrons. The minimum absolute atomic E-state index is 0.659. The standard InChI is InChI=1S/C44H24N4S/c45-25-29-9-6-14-35-33-12-1-3-16-39(33)47(43(29)35)31-11-5-8-27(22-31)28-18-20-41-37(23-28)38-24-32(19-21-42(38)49-41)48-40-17-4-2-13-34(40)36-15-7-10-30(26-46)44(36)48/h1-24H. The van der Waals surface area contributed by atoms with Crippen LogP contribution >= 0.6 is 11.3 Å². The van der Waals surface area contributed by atoms with Crippen molar-refractivity contribution in [3.8, 4) is 34.6 Å². The molecule has 0 spiro atoms. The van der Waals surface area contributed by atoms with Gasteiger partial charge in [-0.05, 0) is 77.9 Å². The Bertz CT molecular complexity index is 3090. The topological polar surface area (TPSA) is 57.4 Å². The van der Waals surface area contributed by atoms with E-state index in [0.717, 1.165) is 66.1 Å². The third-order valence-electron chi connectivity index (χ3n) is 9.78. The number of nitriles is 2. The van der Waals surface area contributed by atoms with Gasteiger partial charge in [0, 0.05) is 53.1 Å². The highest BCUT2D eigenvalue weighted by atomic mass is 32.1. The zero-order valence-electron chi connectivity index (χ0n) is 26.1. The van der Waals surface area contributed by atoms with E-state index in [1.54, 1.807) is 11.3 Å². The first kappa shape index (κ1) is 27.5. The molecule has 0 aliphatic carbocycles. The van der Waals surface area contributed by atoms with Crippen molar-refractivity contribution in [3.05, 3.63) is 157 Å². The van der Waals surface area contributed by atoms with Gasteiger partial charge in [0.15, 0.2) is 0 Å². The number of benzene rings is 7. The molecule has 0 amide bonds. The van der Waals surface area contributed by atoms with E-state index in [1.165, 1.54) is 20.2 Å². The first-order valence-corrected chi connectivity index (χ1v) is 17.0. The van der Waals surface area contributed by atoms with Crippen molar-refractivity contribution in [3.63, 3.8) is 0 Å². The molecule has 3 heterocycles. The Balaban J connectivity index is 1.16. The molecule has 0 aliphatic rings. The summed E-state index contributed by atoms with van der Waals surface area (Å²) in [5, 5.41) is 27.0. The number of para-hydroxylation sites is 4.